The number of benzene rings is 2. The second kappa shape index (κ2) is 8.29. The Kier molecular flexibility index (Phi) is 5.58. The van der Waals surface area contributed by atoms with E-state index in [1.807, 2.05) is 73.3 Å². The van der Waals surface area contributed by atoms with Gasteiger partial charge in [-0.3, -0.25) is 4.79 Å². The first kappa shape index (κ1) is 19.5. The van der Waals surface area contributed by atoms with Crippen LogP contribution in [0.3, 0.4) is 0 Å². The summed E-state index contributed by atoms with van der Waals surface area (Å²) in [6, 6.07) is 17.4. The highest BCUT2D eigenvalue weighted by molar-refractivity contribution is 6.30. The number of amides is 1. The fourth-order valence-electron chi connectivity index (χ4n) is 3.39. The van der Waals surface area contributed by atoms with Crippen LogP contribution in [0.1, 0.15) is 37.4 Å². The number of carbonyl (C=O) groups excluding carboxylic acids is 1. The summed E-state index contributed by atoms with van der Waals surface area (Å²) >= 11 is 6.21. The number of carbonyl (C=O) groups is 1. The van der Waals surface area contributed by atoms with Crippen LogP contribution in [0.15, 0.2) is 54.6 Å². The van der Waals surface area contributed by atoms with Crippen molar-refractivity contribution in [1.82, 2.24) is 14.7 Å². The summed E-state index contributed by atoms with van der Waals surface area (Å²) < 4.78 is 8.06. The van der Waals surface area contributed by atoms with Gasteiger partial charge in [-0.2, -0.15) is 5.10 Å². The van der Waals surface area contributed by atoms with Gasteiger partial charge in [-0.05, 0) is 50.1 Å². The average molecular weight is 410 g/mol. The van der Waals surface area contributed by atoms with E-state index in [-0.39, 0.29) is 5.91 Å². The largest absolute Gasteiger partial charge is 0.439 e. The molecular weight excluding hydrogens is 386 g/mol. The van der Waals surface area contributed by atoms with Gasteiger partial charge in [0.15, 0.2) is 0 Å². The number of aryl methyl sites for hydroxylation is 1. The zero-order valence-corrected chi connectivity index (χ0v) is 17.4. The number of rotatable bonds is 7. The van der Waals surface area contributed by atoms with Gasteiger partial charge in [0.2, 0.25) is 11.8 Å². The summed E-state index contributed by atoms with van der Waals surface area (Å²) in [4.78, 5) is 14.5. The highest BCUT2D eigenvalue weighted by atomic mass is 35.5. The van der Waals surface area contributed by atoms with Crippen LogP contribution in [0.4, 0.5) is 0 Å². The maximum atomic E-state index is 12.5. The van der Waals surface area contributed by atoms with Crippen molar-refractivity contribution in [3.63, 3.8) is 0 Å². The molecule has 1 fully saturated rings. The normalized spacial score (nSPS) is 13.3. The Morgan fingerprint density at radius 2 is 1.97 bits per heavy atom. The predicted molar refractivity (Wildman–Crippen MR) is 114 cm³/mol. The average Bonchev–Trinajstić information content (AvgIpc) is 3.52. The van der Waals surface area contributed by atoms with E-state index in [2.05, 4.69) is 0 Å². The maximum absolute atomic E-state index is 12.5. The molecule has 1 amide bonds. The van der Waals surface area contributed by atoms with Crippen molar-refractivity contribution >= 4 is 17.5 Å². The monoisotopic (exact) mass is 409 g/mol. The van der Waals surface area contributed by atoms with E-state index in [9.17, 15) is 4.79 Å². The molecule has 0 radical (unpaired) electrons. The molecule has 0 spiro atoms. The van der Waals surface area contributed by atoms with Crippen LogP contribution in [-0.2, 0) is 11.3 Å². The first-order valence-corrected chi connectivity index (χ1v) is 10.3. The highest BCUT2D eigenvalue weighted by Gasteiger charge is 2.33. The van der Waals surface area contributed by atoms with E-state index in [4.69, 9.17) is 21.4 Å². The first-order chi connectivity index (χ1) is 14.1. The van der Waals surface area contributed by atoms with Crippen molar-refractivity contribution in [3.05, 3.63) is 70.9 Å². The molecule has 0 aliphatic heterocycles. The van der Waals surface area contributed by atoms with Crippen LogP contribution >= 0.6 is 11.6 Å². The molecule has 0 unspecified atom stereocenters. The third-order valence-electron chi connectivity index (χ3n) is 5.09. The zero-order valence-electron chi connectivity index (χ0n) is 16.6. The second-order valence-corrected chi connectivity index (χ2v) is 7.72. The smallest absolute Gasteiger partial charge is 0.227 e. The van der Waals surface area contributed by atoms with Gasteiger partial charge in [0.25, 0.3) is 0 Å². The molecular formula is C23H24ClN3O2. The van der Waals surface area contributed by atoms with E-state index >= 15 is 0 Å². The molecule has 1 aliphatic rings. The van der Waals surface area contributed by atoms with E-state index in [1.165, 1.54) is 0 Å². The van der Waals surface area contributed by atoms with Gasteiger partial charge >= 0.3 is 0 Å². The maximum Gasteiger partial charge on any atom is 0.227 e. The Balaban J connectivity index is 1.78. The Bertz CT molecular complexity index is 1010. The molecule has 6 heteroatoms. The van der Waals surface area contributed by atoms with Crippen molar-refractivity contribution < 1.29 is 9.53 Å². The first-order valence-electron chi connectivity index (χ1n) is 9.93. The Labute approximate surface area is 175 Å². The summed E-state index contributed by atoms with van der Waals surface area (Å²) in [7, 11) is 0. The van der Waals surface area contributed by atoms with Gasteiger partial charge in [-0.1, -0.05) is 42.8 Å². The second-order valence-electron chi connectivity index (χ2n) is 7.28. The summed E-state index contributed by atoms with van der Waals surface area (Å²) in [5.41, 5.74) is 2.57. The van der Waals surface area contributed by atoms with Crippen LogP contribution in [-0.4, -0.2) is 26.6 Å². The Morgan fingerprint density at radius 3 is 2.62 bits per heavy atom. The van der Waals surface area contributed by atoms with E-state index < -0.39 is 0 Å². The molecule has 1 aromatic heterocycles. The lowest BCUT2D eigenvalue weighted by molar-refractivity contribution is -0.132. The number of aromatic nitrogens is 2. The van der Waals surface area contributed by atoms with Crippen molar-refractivity contribution in [3.8, 4) is 17.3 Å². The molecule has 0 atom stereocenters. The fourth-order valence-corrected chi connectivity index (χ4v) is 3.57. The number of hydrogen-bond acceptors (Lipinski definition) is 3. The molecule has 1 heterocycles. The van der Waals surface area contributed by atoms with Crippen LogP contribution in [0, 0.1) is 6.92 Å². The highest BCUT2D eigenvalue weighted by Crippen LogP contribution is 2.35. The molecule has 0 saturated heterocycles. The molecule has 1 aliphatic carbocycles. The molecule has 5 nitrogen and oxygen atoms in total. The quantitative estimate of drug-likeness (QED) is 0.515. The van der Waals surface area contributed by atoms with Gasteiger partial charge in [-0.25, -0.2) is 4.68 Å². The lowest BCUT2D eigenvalue weighted by Crippen LogP contribution is -2.32. The van der Waals surface area contributed by atoms with Crippen molar-refractivity contribution in [2.75, 3.05) is 0 Å². The third kappa shape index (κ3) is 4.30. The lowest BCUT2D eigenvalue weighted by atomic mass is 10.2. The van der Waals surface area contributed by atoms with Crippen LogP contribution in [0.25, 0.3) is 5.69 Å². The molecule has 0 bridgehead atoms. The predicted octanol–water partition coefficient (Wildman–Crippen LogP) is 5.53. The molecule has 0 N–H and O–H groups in total. The molecule has 29 heavy (non-hydrogen) atoms. The SMILES string of the molecule is CCC(=O)N(Cc1c(C)nn(-c2cccc(Cl)c2)c1Oc1ccccc1)C1CC1. The summed E-state index contributed by atoms with van der Waals surface area (Å²) in [6.45, 7) is 4.35. The lowest BCUT2D eigenvalue weighted by Gasteiger charge is -2.22. The van der Waals surface area contributed by atoms with Crippen LogP contribution in [0.5, 0.6) is 11.6 Å². The Hall–Kier alpha value is -2.79. The number of hydrogen-bond donors (Lipinski definition) is 0. The molecule has 150 valence electrons. The van der Waals surface area contributed by atoms with Crippen molar-refractivity contribution in [2.45, 2.75) is 45.7 Å². The van der Waals surface area contributed by atoms with Gasteiger partial charge in [0.05, 0.1) is 23.5 Å². The number of nitrogens with zero attached hydrogens (tertiary/aromatic N) is 3. The summed E-state index contributed by atoms with van der Waals surface area (Å²) in [5.74, 6) is 1.50. The Morgan fingerprint density at radius 1 is 1.21 bits per heavy atom. The van der Waals surface area contributed by atoms with Crippen LogP contribution < -0.4 is 4.74 Å². The zero-order chi connectivity index (χ0) is 20.4. The molecule has 1 saturated carbocycles. The molecule has 2 aromatic carbocycles. The fraction of sp³-hybridized carbons (Fsp3) is 0.304. The van der Waals surface area contributed by atoms with E-state index in [0.717, 1.165) is 35.5 Å². The van der Waals surface area contributed by atoms with Gasteiger partial charge < -0.3 is 9.64 Å². The van der Waals surface area contributed by atoms with Gasteiger partial charge in [0.1, 0.15) is 5.75 Å². The van der Waals surface area contributed by atoms with E-state index in [1.54, 1.807) is 4.68 Å². The summed E-state index contributed by atoms with van der Waals surface area (Å²) in [6.07, 6.45) is 2.61. The van der Waals surface area contributed by atoms with Gasteiger partial charge in [-0.15, -0.1) is 0 Å². The van der Waals surface area contributed by atoms with Gasteiger partial charge in [0, 0.05) is 17.5 Å². The summed E-state index contributed by atoms with van der Waals surface area (Å²) in [5, 5.41) is 5.36. The van der Waals surface area contributed by atoms with Crippen LogP contribution in [0.2, 0.25) is 5.02 Å². The minimum atomic E-state index is 0.160. The number of para-hydroxylation sites is 1. The molecule has 3 aromatic rings. The molecule has 4 rings (SSSR count). The van der Waals surface area contributed by atoms with Crippen molar-refractivity contribution in [2.24, 2.45) is 0 Å². The van der Waals surface area contributed by atoms with E-state index in [0.29, 0.717) is 29.9 Å². The minimum Gasteiger partial charge on any atom is -0.439 e. The van der Waals surface area contributed by atoms with Crippen molar-refractivity contribution in [1.29, 1.82) is 0 Å². The standard InChI is InChI=1S/C23H24ClN3O2/c1-3-22(28)26(18-12-13-18)15-21-16(2)25-27(19-9-7-8-17(24)14-19)23(21)29-20-10-5-4-6-11-20/h4-11,14,18H,3,12-13,15H2,1-2H3. The number of halogens is 1. The topological polar surface area (TPSA) is 47.4 Å². The third-order valence-corrected chi connectivity index (χ3v) is 5.32. The minimum absolute atomic E-state index is 0.160. The number of ether oxygens (including phenoxy) is 1.